The van der Waals surface area contributed by atoms with Crippen LogP contribution in [0.25, 0.3) is 0 Å². The molecule has 0 aromatic heterocycles. The summed E-state index contributed by atoms with van der Waals surface area (Å²) in [6.45, 7) is 6.72. The van der Waals surface area contributed by atoms with E-state index in [2.05, 4.69) is 32.6 Å². The molecule has 0 amide bonds. The normalized spacial score (nSPS) is 12.4. The number of rotatable bonds is 3. The van der Waals surface area contributed by atoms with Crippen LogP contribution in [0.3, 0.4) is 0 Å². The molecule has 1 rings (SSSR count). The summed E-state index contributed by atoms with van der Waals surface area (Å²) in [6, 6.07) is 6.87. The molecule has 0 aliphatic heterocycles. The third-order valence-corrected chi connectivity index (χ3v) is 2.87. The van der Waals surface area contributed by atoms with E-state index in [-0.39, 0.29) is 0 Å². The molecule has 1 atom stereocenters. The van der Waals surface area contributed by atoms with Crippen molar-refractivity contribution in [1.29, 1.82) is 0 Å². The quantitative estimate of drug-likeness (QED) is 0.485. The minimum atomic E-state index is -0.987. The van der Waals surface area contributed by atoms with E-state index >= 15 is 0 Å². The number of nitrogens with one attached hydrogen (secondary N) is 1. The van der Waals surface area contributed by atoms with Gasteiger partial charge in [0, 0.05) is 9.26 Å². The van der Waals surface area contributed by atoms with Crippen LogP contribution in [-0.2, 0) is 14.3 Å². The van der Waals surface area contributed by atoms with Crippen molar-refractivity contribution in [1.82, 2.24) is 0 Å². The average Bonchev–Trinajstić information content (AvgIpc) is 2.29. The smallest absolute Gasteiger partial charge is 0.428 e. The lowest BCUT2D eigenvalue weighted by molar-refractivity contribution is -0.141. The maximum absolute atomic E-state index is 11.7. The van der Waals surface area contributed by atoms with Crippen LogP contribution in [0.2, 0.25) is 0 Å². The van der Waals surface area contributed by atoms with Crippen LogP contribution in [0.15, 0.2) is 24.3 Å². The lowest BCUT2D eigenvalue weighted by Gasteiger charge is -2.19. The van der Waals surface area contributed by atoms with Crippen molar-refractivity contribution in [3.63, 3.8) is 0 Å². The molecule has 20 heavy (non-hydrogen) atoms. The van der Waals surface area contributed by atoms with Crippen molar-refractivity contribution in [2.75, 3.05) is 5.32 Å². The Morgan fingerprint density at radius 1 is 1.20 bits per heavy atom. The van der Waals surface area contributed by atoms with E-state index in [9.17, 15) is 9.59 Å². The predicted molar refractivity (Wildman–Crippen MR) is 84.6 cm³/mol. The molecule has 0 aliphatic rings. The van der Waals surface area contributed by atoms with Crippen molar-refractivity contribution >= 4 is 40.4 Å². The van der Waals surface area contributed by atoms with Crippen LogP contribution in [0.5, 0.6) is 0 Å². The highest BCUT2D eigenvalue weighted by molar-refractivity contribution is 14.1. The molecule has 0 heterocycles. The molecule has 1 N–H and O–H groups in total. The van der Waals surface area contributed by atoms with Crippen molar-refractivity contribution in [3.8, 4) is 0 Å². The summed E-state index contributed by atoms with van der Waals surface area (Å²) < 4.78 is 10.6. The number of halogens is 1. The van der Waals surface area contributed by atoms with E-state index in [1.165, 1.54) is 0 Å². The molecule has 0 spiro atoms. The fourth-order valence-corrected chi connectivity index (χ4v) is 1.66. The Hall–Kier alpha value is -1.31. The van der Waals surface area contributed by atoms with Crippen LogP contribution in [0.1, 0.15) is 27.7 Å². The van der Waals surface area contributed by atoms with Gasteiger partial charge in [0.15, 0.2) is 0 Å². The van der Waals surface area contributed by atoms with E-state index < -0.39 is 23.8 Å². The second-order valence-corrected chi connectivity index (χ2v) is 6.50. The average molecular weight is 391 g/mol. The van der Waals surface area contributed by atoms with E-state index in [4.69, 9.17) is 4.74 Å². The third-order valence-electron chi connectivity index (χ3n) is 2.15. The van der Waals surface area contributed by atoms with E-state index in [1.807, 2.05) is 24.3 Å². The Morgan fingerprint density at radius 3 is 2.25 bits per heavy atom. The first-order chi connectivity index (χ1) is 9.17. The maximum atomic E-state index is 11.7. The van der Waals surface area contributed by atoms with Crippen LogP contribution >= 0.6 is 22.6 Å². The van der Waals surface area contributed by atoms with Gasteiger partial charge in [-0.1, -0.05) is 0 Å². The Labute approximate surface area is 132 Å². The molecule has 110 valence electrons. The number of ether oxygens (including phenoxy) is 2. The Kier molecular flexibility index (Phi) is 5.79. The summed E-state index contributed by atoms with van der Waals surface area (Å²) in [4.78, 5) is 23.1. The van der Waals surface area contributed by atoms with Gasteiger partial charge in [-0.15, -0.1) is 0 Å². The fourth-order valence-electron chi connectivity index (χ4n) is 1.30. The molecule has 5 nitrogen and oxygen atoms in total. The summed E-state index contributed by atoms with van der Waals surface area (Å²) >= 11 is 2.19. The first-order valence-electron chi connectivity index (χ1n) is 6.14. The van der Waals surface area contributed by atoms with Crippen LogP contribution in [-0.4, -0.2) is 23.8 Å². The molecule has 0 aliphatic carbocycles. The van der Waals surface area contributed by atoms with E-state index in [0.717, 1.165) is 9.26 Å². The second kappa shape index (κ2) is 6.92. The van der Waals surface area contributed by atoms with Crippen molar-refractivity contribution in [2.45, 2.75) is 39.3 Å². The fraction of sp³-hybridized carbons (Fsp3) is 0.429. The summed E-state index contributed by atoms with van der Waals surface area (Å²) in [7, 11) is 0. The van der Waals surface area contributed by atoms with Crippen LogP contribution in [0, 0.1) is 3.57 Å². The number of carbonyl (C=O) groups is 2. The zero-order chi connectivity index (χ0) is 15.3. The number of carbonyl (C=O) groups excluding carboxylic acids is 2. The lowest BCUT2D eigenvalue weighted by Crippen LogP contribution is -2.33. The first kappa shape index (κ1) is 16.7. The Morgan fingerprint density at radius 2 is 1.75 bits per heavy atom. The SMILES string of the molecule is C[C@H](Nc1ccc(I)cc1)C(=O)OC(=O)OC(C)(C)C. The van der Waals surface area contributed by atoms with Gasteiger partial charge in [-0.05, 0) is 74.6 Å². The molecule has 1 aromatic carbocycles. The molecular formula is C14H18INO4. The molecule has 6 heteroatoms. The predicted octanol–water partition coefficient (Wildman–Crippen LogP) is 3.57. The molecule has 0 unspecified atom stereocenters. The molecule has 0 radical (unpaired) electrons. The van der Waals surface area contributed by atoms with Crippen molar-refractivity contribution in [3.05, 3.63) is 27.8 Å². The molecule has 1 aromatic rings. The minimum Gasteiger partial charge on any atom is -0.428 e. The number of hydrogen-bond acceptors (Lipinski definition) is 5. The molecule has 0 bridgehead atoms. The standard InChI is InChI=1S/C14H18INO4/c1-9(16-11-7-5-10(15)6-8-11)12(17)19-13(18)20-14(2,3)4/h5-9,16H,1-4H3/t9-/m0/s1. The highest BCUT2D eigenvalue weighted by Gasteiger charge is 2.23. The van der Waals surface area contributed by atoms with Gasteiger partial charge in [0.25, 0.3) is 0 Å². The number of hydrogen-bond donors (Lipinski definition) is 1. The summed E-state index contributed by atoms with van der Waals surface area (Å²) in [6.07, 6.45) is -0.987. The summed E-state index contributed by atoms with van der Waals surface area (Å²) in [5.41, 5.74) is 0.0866. The largest absolute Gasteiger partial charge is 0.516 e. The van der Waals surface area contributed by atoms with Gasteiger partial charge < -0.3 is 14.8 Å². The van der Waals surface area contributed by atoms with Gasteiger partial charge in [-0.25, -0.2) is 9.59 Å². The van der Waals surface area contributed by atoms with Gasteiger partial charge in [-0.3, -0.25) is 0 Å². The summed E-state index contributed by atoms with van der Waals surface area (Å²) in [5.74, 6) is -0.683. The lowest BCUT2D eigenvalue weighted by atomic mass is 10.2. The second-order valence-electron chi connectivity index (χ2n) is 5.26. The van der Waals surface area contributed by atoms with Crippen molar-refractivity contribution < 1.29 is 19.1 Å². The monoisotopic (exact) mass is 391 g/mol. The number of esters is 1. The zero-order valence-electron chi connectivity index (χ0n) is 11.9. The third kappa shape index (κ3) is 6.23. The Bertz CT molecular complexity index is 479. The highest BCUT2D eigenvalue weighted by atomic mass is 127. The van der Waals surface area contributed by atoms with E-state index in [1.54, 1.807) is 27.7 Å². The van der Waals surface area contributed by atoms with Crippen LogP contribution < -0.4 is 5.32 Å². The summed E-state index contributed by atoms with van der Waals surface area (Å²) in [5, 5.41) is 2.95. The van der Waals surface area contributed by atoms with E-state index in [0.29, 0.717) is 0 Å². The zero-order valence-corrected chi connectivity index (χ0v) is 14.1. The minimum absolute atomic E-state index is 0.650. The highest BCUT2D eigenvalue weighted by Crippen LogP contribution is 2.13. The Balaban J connectivity index is 2.51. The topological polar surface area (TPSA) is 64.6 Å². The van der Waals surface area contributed by atoms with Crippen LogP contribution in [0.4, 0.5) is 10.5 Å². The molecular weight excluding hydrogens is 373 g/mol. The van der Waals surface area contributed by atoms with Gasteiger partial charge in [0.05, 0.1) is 0 Å². The van der Waals surface area contributed by atoms with Gasteiger partial charge in [-0.2, -0.15) is 0 Å². The van der Waals surface area contributed by atoms with Gasteiger partial charge in [0.1, 0.15) is 11.6 Å². The van der Waals surface area contributed by atoms with Crippen molar-refractivity contribution in [2.24, 2.45) is 0 Å². The van der Waals surface area contributed by atoms with Gasteiger partial charge >= 0.3 is 12.1 Å². The molecule has 0 saturated heterocycles. The molecule has 0 saturated carbocycles. The molecule has 0 fully saturated rings. The van der Waals surface area contributed by atoms with Gasteiger partial charge in [0.2, 0.25) is 0 Å². The number of benzene rings is 1. The maximum Gasteiger partial charge on any atom is 0.516 e. The number of anilines is 1. The first-order valence-corrected chi connectivity index (χ1v) is 7.22.